The van der Waals surface area contributed by atoms with E-state index >= 15 is 0 Å². The normalized spacial score (nSPS) is 11.7. The molecule has 0 amide bonds. The summed E-state index contributed by atoms with van der Waals surface area (Å²) in [6.07, 6.45) is 0. The van der Waals surface area contributed by atoms with Crippen molar-refractivity contribution in [3.05, 3.63) is 35.4 Å². The number of ether oxygens (including phenoxy) is 1. The van der Waals surface area contributed by atoms with Crippen LogP contribution in [0.5, 0.6) is 0 Å². The Morgan fingerprint density at radius 2 is 1.89 bits per heavy atom. The number of thiocarbonyl (C=S) groups is 1. The number of nitrogens with zero attached hydrogens (tertiary/aromatic N) is 1. The maximum absolute atomic E-state index is 5.46. The molecule has 0 saturated carbocycles. The van der Waals surface area contributed by atoms with E-state index in [0.29, 0.717) is 11.7 Å². The molecule has 0 aromatic heterocycles. The lowest BCUT2D eigenvalue weighted by molar-refractivity contribution is 0.337. The average molecular weight is 281 g/mol. The second-order valence-electron chi connectivity index (χ2n) is 5.40. The minimum atomic E-state index is -1.27. The molecular weight excluding hydrogens is 258 g/mol. The minimum absolute atomic E-state index is 0.608. The van der Waals surface area contributed by atoms with Gasteiger partial charge in [-0.25, -0.2) is 0 Å². The van der Waals surface area contributed by atoms with Crippen molar-refractivity contribution in [2.45, 2.75) is 33.1 Å². The van der Waals surface area contributed by atoms with Gasteiger partial charge < -0.3 is 9.30 Å². The van der Waals surface area contributed by atoms with Gasteiger partial charge in [0.15, 0.2) is 5.05 Å². The summed E-state index contributed by atoms with van der Waals surface area (Å²) < 4.78 is 7.90. The first-order chi connectivity index (χ1) is 8.36. The van der Waals surface area contributed by atoms with E-state index in [2.05, 4.69) is 43.4 Å². The standard InChI is InChI=1S/C14H23NOSSi/c1-6-16-14(17)13-10-8-7-9-12(13)11-15(2)18(3,4)5/h7-10H,6,11H2,1-5H3. The molecule has 0 fully saturated rings. The number of benzene rings is 1. The maximum Gasteiger partial charge on any atom is 0.191 e. The lowest BCUT2D eigenvalue weighted by Gasteiger charge is -2.30. The zero-order chi connectivity index (χ0) is 13.8. The van der Waals surface area contributed by atoms with Gasteiger partial charge in [-0.2, -0.15) is 0 Å². The molecule has 4 heteroatoms. The molecule has 1 rings (SSSR count). The van der Waals surface area contributed by atoms with Crippen molar-refractivity contribution >= 4 is 25.5 Å². The molecule has 0 N–H and O–H groups in total. The lowest BCUT2D eigenvalue weighted by Crippen LogP contribution is -2.42. The third-order valence-electron chi connectivity index (χ3n) is 3.07. The lowest BCUT2D eigenvalue weighted by atomic mass is 10.1. The van der Waals surface area contributed by atoms with Crippen LogP contribution in [0.25, 0.3) is 0 Å². The molecule has 0 aliphatic carbocycles. The molecule has 0 atom stereocenters. The Balaban J connectivity index is 2.92. The molecule has 0 aliphatic rings. The number of hydrogen-bond donors (Lipinski definition) is 0. The third-order valence-corrected chi connectivity index (χ3v) is 5.85. The highest BCUT2D eigenvalue weighted by atomic mass is 32.1. The van der Waals surface area contributed by atoms with Crippen molar-refractivity contribution in [1.29, 1.82) is 0 Å². The van der Waals surface area contributed by atoms with Crippen LogP contribution < -0.4 is 0 Å². The molecule has 1 aromatic rings. The van der Waals surface area contributed by atoms with Gasteiger partial charge in [-0.1, -0.05) is 43.9 Å². The predicted molar refractivity (Wildman–Crippen MR) is 84.6 cm³/mol. The van der Waals surface area contributed by atoms with Gasteiger partial charge in [0, 0.05) is 12.1 Å². The SMILES string of the molecule is CCOC(=S)c1ccccc1CN(C)[Si](C)(C)C. The van der Waals surface area contributed by atoms with Crippen molar-refractivity contribution in [1.82, 2.24) is 4.57 Å². The van der Waals surface area contributed by atoms with Crippen LogP contribution >= 0.6 is 12.2 Å². The molecule has 0 bridgehead atoms. The summed E-state index contributed by atoms with van der Waals surface area (Å²) in [7, 11) is 0.917. The molecule has 18 heavy (non-hydrogen) atoms. The Bertz CT molecular complexity index is 415. The van der Waals surface area contributed by atoms with Gasteiger partial charge in [-0.15, -0.1) is 0 Å². The van der Waals surface area contributed by atoms with E-state index in [1.165, 1.54) is 5.56 Å². The average Bonchev–Trinajstić information content (AvgIpc) is 2.28. The van der Waals surface area contributed by atoms with E-state index in [0.717, 1.165) is 12.1 Å². The fourth-order valence-electron chi connectivity index (χ4n) is 1.56. The Kier molecular flexibility index (Phi) is 5.50. The molecular formula is C14H23NOSSi. The Labute approximate surface area is 117 Å². The second kappa shape index (κ2) is 6.45. The van der Waals surface area contributed by atoms with Crippen LogP contribution in [0.3, 0.4) is 0 Å². The molecule has 0 radical (unpaired) electrons. The summed E-state index contributed by atoms with van der Waals surface area (Å²) >= 11 is 5.32. The minimum Gasteiger partial charge on any atom is -0.483 e. The van der Waals surface area contributed by atoms with Crippen molar-refractivity contribution < 1.29 is 4.74 Å². The van der Waals surface area contributed by atoms with Crippen LogP contribution in [0, 0.1) is 0 Å². The van der Waals surface area contributed by atoms with Gasteiger partial charge in [-0.05, 0) is 31.8 Å². The van der Waals surface area contributed by atoms with Crippen molar-refractivity contribution in [2.24, 2.45) is 0 Å². The molecule has 0 aliphatic heterocycles. The molecule has 2 nitrogen and oxygen atoms in total. The van der Waals surface area contributed by atoms with Crippen LogP contribution in [0.4, 0.5) is 0 Å². The predicted octanol–water partition coefficient (Wildman–Crippen LogP) is 3.67. The highest BCUT2D eigenvalue weighted by Crippen LogP contribution is 2.17. The van der Waals surface area contributed by atoms with E-state index in [1.807, 2.05) is 19.1 Å². The fraction of sp³-hybridized carbons (Fsp3) is 0.500. The zero-order valence-corrected chi connectivity index (χ0v) is 13.8. The van der Waals surface area contributed by atoms with Gasteiger partial charge >= 0.3 is 0 Å². The Hall–Kier alpha value is -0.713. The Morgan fingerprint density at radius 1 is 1.28 bits per heavy atom. The van der Waals surface area contributed by atoms with E-state index in [9.17, 15) is 0 Å². The van der Waals surface area contributed by atoms with Gasteiger partial charge in [0.2, 0.25) is 0 Å². The van der Waals surface area contributed by atoms with Gasteiger partial charge in [0.1, 0.15) is 8.24 Å². The summed E-state index contributed by atoms with van der Waals surface area (Å²) in [5.74, 6) is 0. The second-order valence-corrected chi connectivity index (χ2v) is 10.9. The molecule has 0 unspecified atom stereocenters. The first-order valence-electron chi connectivity index (χ1n) is 6.32. The summed E-state index contributed by atoms with van der Waals surface area (Å²) in [6, 6.07) is 8.26. The first kappa shape index (κ1) is 15.3. The Morgan fingerprint density at radius 3 is 2.44 bits per heavy atom. The summed E-state index contributed by atoms with van der Waals surface area (Å²) in [5, 5.41) is 0.608. The van der Waals surface area contributed by atoms with Crippen LogP contribution in [0.15, 0.2) is 24.3 Å². The summed E-state index contributed by atoms with van der Waals surface area (Å²) in [5.41, 5.74) is 2.31. The first-order valence-corrected chi connectivity index (χ1v) is 10.2. The topological polar surface area (TPSA) is 12.5 Å². The van der Waals surface area contributed by atoms with E-state index in [-0.39, 0.29) is 0 Å². The number of hydrogen-bond acceptors (Lipinski definition) is 3. The van der Waals surface area contributed by atoms with E-state index in [4.69, 9.17) is 17.0 Å². The van der Waals surface area contributed by atoms with Crippen molar-refractivity contribution in [2.75, 3.05) is 13.7 Å². The van der Waals surface area contributed by atoms with Crippen LogP contribution in [-0.4, -0.2) is 31.5 Å². The van der Waals surface area contributed by atoms with E-state index in [1.54, 1.807) is 0 Å². The van der Waals surface area contributed by atoms with Crippen LogP contribution in [0.1, 0.15) is 18.1 Å². The molecule has 100 valence electrons. The third kappa shape index (κ3) is 4.19. The molecule has 1 aromatic carbocycles. The van der Waals surface area contributed by atoms with Crippen LogP contribution in [-0.2, 0) is 11.3 Å². The summed E-state index contributed by atoms with van der Waals surface area (Å²) in [6.45, 7) is 10.5. The zero-order valence-electron chi connectivity index (χ0n) is 12.0. The molecule has 0 saturated heterocycles. The van der Waals surface area contributed by atoms with Gasteiger partial charge in [0.25, 0.3) is 0 Å². The highest BCUT2D eigenvalue weighted by molar-refractivity contribution is 7.80. The highest BCUT2D eigenvalue weighted by Gasteiger charge is 2.21. The number of rotatable bonds is 5. The van der Waals surface area contributed by atoms with Crippen molar-refractivity contribution in [3.63, 3.8) is 0 Å². The van der Waals surface area contributed by atoms with Crippen molar-refractivity contribution in [3.8, 4) is 0 Å². The molecule has 0 spiro atoms. The van der Waals surface area contributed by atoms with E-state index < -0.39 is 8.24 Å². The quantitative estimate of drug-likeness (QED) is 0.603. The largest absolute Gasteiger partial charge is 0.483 e. The maximum atomic E-state index is 5.46. The van der Waals surface area contributed by atoms with Gasteiger partial charge in [0.05, 0.1) is 6.61 Å². The monoisotopic (exact) mass is 281 g/mol. The van der Waals surface area contributed by atoms with Crippen LogP contribution in [0.2, 0.25) is 19.6 Å². The fourth-order valence-corrected chi connectivity index (χ4v) is 2.52. The molecule has 0 heterocycles. The van der Waals surface area contributed by atoms with Gasteiger partial charge in [-0.3, -0.25) is 0 Å². The smallest absolute Gasteiger partial charge is 0.191 e. The summed E-state index contributed by atoms with van der Waals surface area (Å²) in [4.78, 5) is 0.